The van der Waals surface area contributed by atoms with Crippen LogP contribution in [0.4, 0.5) is 11.4 Å². The highest BCUT2D eigenvalue weighted by molar-refractivity contribution is 7.92. The first kappa shape index (κ1) is 14.9. The summed E-state index contributed by atoms with van der Waals surface area (Å²) in [4.78, 5) is 14.0. The van der Waals surface area contributed by atoms with Gasteiger partial charge in [-0.15, -0.1) is 0 Å². The Labute approximate surface area is 145 Å². The van der Waals surface area contributed by atoms with Gasteiger partial charge in [0.05, 0.1) is 28.5 Å². The number of nitrogens with one attached hydrogen (secondary N) is 1. The van der Waals surface area contributed by atoms with Crippen molar-refractivity contribution in [2.75, 3.05) is 16.2 Å². The number of benzene rings is 1. The highest BCUT2D eigenvalue weighted by atomic mass is 32.2. The molecule has 1 fully saturated rings. The minimum Gasteiger partial charge on any atom is -0.312 e. The molecule has 0 radical (unpaired) electrons. The van der Waals surface area contributed by atoms with Crippen molar-refractivity contribution in [1.82, 2.24) is 9.78 Å². The van der Waals surface area contributed by atoms with Gasteiger partial charge in [-0.3, -0.25) is 14.2 Å². The molecule has 0 unspecified atom stereocenters. The second-order valence-electron chi connectivity index (χ2n) is 6.93. The highest BCUT2D eigenvalue weighted by Crippen LogP contribution is 2.39. The third-order valence-corrected chi connectivity index (χ3v) is 6.47. The zero-order valence-corrected chi connectivity index (χ0v) is 14.4. The van der Waals surface area contributed by atoms with Crippen LogP contribution in [-0.4, -0.2) is 30.7 Å². The molecule has 130 valence electrons. The molecule has 1 aromatic carbocycles. The Morgan fingerprint density at radius 2 is 1.88 bits per heavy atom. The number of nitrogens with zero attached hydrogens (tertiary/aromatic N) is 3. The predicted octanol–water partition coefficient (Wildman–Crippen LogP) is 1.85. The summed E-state index contributed by atoms with van der Waals surface area (Å²) in [6.07, 6.45) is 7.23. The van der Waals surface area contributed by atoms with E-state index in [9.17, 15) is 13.2 Å². The number of hydrogen-bond acceptors (Lipinski definition) is 4. The molecule has 1 N–H and O–H groups in total. The Morgan fingerprint density at radius 3 is 2.64 bits per heavy atom. The van der Waals surface area contributed by atoms with Crippen molar-refractivity contribution in [1.29, 1.82) is 0 Å². The lowest BCUT2D eigenvalue weighted by Crippen LogP contribution is -2.33. The molecular weight excluding hydrogens is 340 g/mol. The molecule has 1 amide bonds. The van der Waals surface area contributed by atoms with Crippen LogP contribution < -0.4 is 9.62 Å². The highest BCUT2D eigenvalue weighted by Gasteiger charge is 2.33. The summed E-state index contributed by atoms with van der Waals surface area (Å²) in [6.45, 7) is 0.645. The van der Waals surface area contributed by atoms with Crippen molar-refractivity contribution in [3.8, 4) is 0 Å². The van der Waals surface area contributed by atoms with E-state index >= 15 is 0 Å². The summed E-state index contributed by atoms with van der Waals surface area (Å²) in [5.74, 6) is 0.132. The Morgan fingerprint density at radius 1 is 1.12 bits per heavy atom. The van der Waals surface area contributed by atoms with Gasteiger partial charge in [0.2, 0.25) is 5.91 Å². The Kier molecular flexibility index (Phi) is 3.03. The molecule has 0 atom stereocenters. The largest absolute Gasteiger partial charge is 0.312 e. The van der Waals surface area contributed by atoms with E-state index in [-0.39, 0.29) is 10.8 Å². The van der Waals surface area contributed by atoms with Crippen molar-refractivity contribution >= 4 is 27.3 Å². The monoisotopic (exact) mass is 358 g/mol. The molecule has 0 spiro atoms. The van der Waals surface area contributed by atoms with E-state index in [0.29, 0.717) is 37.5 Å². The SMILES string of the molecule is O=C1CCc2cc(S(=O)(=O)Nc3cnn(C4CC4)c3)cc3c2N1CC3. The number of aryl methyl sites for hydroxylation is 1. The zero-order chi connectivity index (χ0) is 17.2. The van der Waals surface area contributed by atoms with E-state index in [2.05, 4.69) is 9.82 Å². The zero-order valence-electron chi connectivity index (χ0n) is 13.6. The minimum absolute atomic E-state index is 0.132. The van der Waals surface area contributed by atoms with E-state index in [0.717, 1.165) is 29.7 Å². The van der Waals surface area contributed by atoms with E-state index in [1.54, 1.807) is 29.4 Å². The fraction of sp³-hybridized carbons (Fsp3) is 0.412. The van der Waals surface area contributed by atoms with Crippen LogP contribution >= 0.6 is 0 Å². The van der Waals surface area contributed by atoms with Gasteiger partial charge in [-0.05, 0) is 48.9 Å². The molecule has 1 saturated carbocycles. The molecule has 5 rings (SSSR count). The molecule has 1 aliphatic carbocycles. The first-order valence-electron chi connectivity index (χ1n) is 8.54. The summed E-state index contributed by atoms with van der Waals surface area (Å²) in [5, 5.41) is 4.22. The smallest absolute Gasteiger partial charge is 0.262 e. The third kappa shape index (κ3) is 2.43. The van der Waals surface area contributed by atoms with Gasteiger partial charge in [0.1, 0.15) is 0 Å². The molecule has 8 heteroatoms. The number of anilines is 2. The molecule has 7 nitrogen and oxygen atoms in total. The Balaban J connectivity index is 1.48. The Hall–Kier alpha value is -2.35. The molecule has 2 aliphatic heterocycles. The minimum atomic E-state index is -3.67. The standard InChI is InChI=1S/C17H18N4O3S/c22-16-4-1-11-7-15(8-12-5-6-20(16)17(11)12)25(23,24)19-13-9-18-21(10-13)14-2-3-14/h7-10,14,19H,1-6H2. The normalized spacial score (nSPS) is 19.2. The summed E-state index contributed by atoms with van der Waals surface area (Å²) in [7, 11) is -3.67. The summed E-state index contributed by atoms with van der Waals surface area (Å²) in [5.41, 5.74) is 3.30. The van der Waals surface area contributed by atoms with Gasteiger partial charge >= 0.3 is 0 Å². The van der Waals surface area contributed by atoms with Crippen molar-refractivity contribution in [2.24, 2.45) is 0 Å². The van der Waals surface area contributed by atoms with Gasteiger partial charge < -0.3 is 4.90 Å². The second-order valence-corrected chi connectivity index (χ2v) is 8.61. The summed E-state index contributed by atoms with van der Waals surface area (Å²) >= 11 is 0. The maximum absolute atomic E-state index is 12.8. The lowest BCUT2D eigenvalue weighted by atomic mass is 10.00. The molecular formula is C17H18N4O3S. The molecule has 3 aliphatic rings. The van der Waals surface area contributed by atoms with Crippen LogP contribution in [-0.2, 0) is 27.7 Å². The number of carbonyl (C=O) groups excluding carboxylic acids is 1. The fourth-order valence-corrected chi connectivity index (χ4v) is 4.85. The lowest BCUT2D eigenvalue weighted by molar-refractivity contribution is -0.118. The van der Waals surface area contributed by atoms with Crippen molar-refractivity contribution in [2.45, 2.75) is 43.0 Å². The van der Waals surface area contributed by atoms with Crippen LogP contribution in [0.5, 0.6) is 0 Å². The quantitative estimate of drug-likeness (QED) is 0.904. The van der Waals surface area contributed by atoms with Gasteiger partial charge in [0.25, 0.3) is 10.0 Å². The van der Waals surface area contributed by atoms with Crippen LogP contribution in [0.1, 0.15) is 36.4 Å². The predicted molar refractivity (Wildman–Crippen MR) is 92.1 cm³/mol. The number of sulfonamides is 1. The summed E-state index contributed by atoms with van der Waals surface area (Å²) < 4.78 is 30.0. The average molecular weight is 358 g/mol. The molecule has 3 heterocycles. The van der Waals surface area contributed by atoms with E-state index in [1.165, 1.54) is 0 Å². The number of hydrogen-bond donors (Lipinski definition) is 1. The Bertz CT molecular complexity index is 991. The number of carbonyl (C=O) groups is 1. The van der Waals surface area contributed by atoms with Crippen LogP contribution in [0, 0.1) is 0 Å². The van der Waals surface area contributed by atoms with Crippen LogP contribution in [0.15, 0.2) is 29.4 Å². The fourth-order valence-electron chi connectivity index (χ4n) is 3.72. The van der Waals surface area contributed by atoms with E-state index in [1.807, 2.05) is 4.68 Å². The third-order valence-electron chi connectivity index (χ3n) is 5.11. The van der Waals surface area contributed by atoms with Gasteiger partial charge in [-0.25, -0.2) is 8.42 Å². The average Bonchev–Trinajstić information content (AvgIpc) is 3.17. The number of rotatable bonds is 4. The van der Waals surface area contributed by atoms with Crippen LogP contribution in [0.2, 0.25) is 0 Å². The van der Waals surface area contributed by atoms with Crippen molar-refractivity contribution < 1.29 is 13.2 Å². The van der Waals surface area contributed by atoms with Crippen LogP contribution in [0.3, 0.4) is 0 Å². The maximum Gasteiger partial charge on any atom is 0.262 e. The van der Waals surface area contributed by atoms with Crippen LogP contribution in [0.25, 0.3) is 0 Å². The second kappa shape index (κ2) is 5.08. The van der Waals surface area contributed by atoms with Crippen molar-refractivity contribution in [3.05, 3.63) is 35.7 Å². The van der Waals surface area contributed by atoms with Gasteiger partial charge in [-0.2, -0.15) is 5.10 Å². The van der Waals surface area contributed by atoms with Gasteiger partial charge in [-0.1, -0.05) is 0 Å². The first-order chi connectivity index (χ1) is 12.0. The van der Waals surface area contributed by atoms with Gasteiger partial charge in [0, 0.05) is 19.2 Å². The number of aromatic nitrogens is 2. The molecule has 1 aromatic heterocycles. The molecule has 2 aromatic rings. The topological polar surface area (TPSA) is 84.3 Å². The number of amides is 1. The molecule has 25 heavy (non-hydrogen) atoms. The summed E-state index contributed by atoms with van der Waals surface area (Å²) in [6, 6.07) is 3.81. The van der Waals surface area contributed by atoms with E-state index < -0.39 is 10.0 Å². The lowest BCUT2D eigenvalue weighted by Gasteiger charge is -2.25. The first-order valence-corrected chi connectivity index (χ1v) is 10.0. The maximum atomic E-state index is 12.8. The van der Waals surface area contributed by atoms with E-state index in [4.69, 9.17) is 0 Å². The van der Waals surface area contributed by atoms with Gasteiger partial charge in [0.15, 0.2) is 0 Å². The molecule has 0 saturated heterocycles. The van der Waals surface area contributed by atoms with Crippen molar-refractivity contribution in [3.63, 3.8) is 0 Å². The molecule has 0 bridgehead atoms.